The first-order chi connectivity index (χ1) is 7.79. The SMILES string of the molecule is ClC1CSCCSCC(Cl)CSCCSC1. The maximum Gasteiger partial charge on any atom is 0.0516 e. The molecule has 0 aromatic carbocycles. The highest BCUT2D eigenvalue weighted by Crippen LogP contribution is 2.20. The monoisotopic (exact) mass is 336 g/mol. The summed E-state index contributed by atoms with van der Waals surface area (Å²) < 4.78 is 0. The Balaban J connectivity index is 2.18. The van der Waals surface area contributed by atoms with Crippen molar-refractivity contribution in [2.45, 2.75) is 10.8 Å². The third-order valence-corrected chi connectivity index (χ3v) is 8.33. The minimum Gasteiger partial charge on any atom is -0.160 e. The van der Waals surface area contributed by atoms with Gasteiger partial charge in [-0.05, 0) is 0 Å². The van der Waals surface area contributed by atoms with Gasteiger partial charge in [0.25, 0.3) is 0 Å². The zero-order chi connectivity index (χ0) is 11.6. The first-order valence-electron chi connectivity index (χ1n) is 5.38. The lowest BCUT2D eigenvalue weighted by atomic mass is 10.6. The molecule has 0 bridgehead atoms. The van der Waals surface area contributed by atoms with Gasteiger partial charge in [-0.1, -0.05) is 0 Å². The number of hydrogen-bond donors (Lipinski definition) is 0. The lowest BCUT2D eigenvalue weighted by Crippen LogP contribution is -2.11. The van der Waals surface area contributed by atoms with Gasteiger partial charge in [-0.2, -0.15) is 47.0 Å². The molecular formula is C10H18Cl2S4. The van der Waals surface area contributed by atoms with Crippen molar-refractivity contribution in [2.24, 2.45) is 0 Å². The molecular weight excluding hydrogens is 319 g/mol. The van der Waals surface area contributed by atoms with Crippen LogP contribution in [0.1, 0.15) is 0 Å². The molecule has 0 spiro atoms. The molecule has 96 valence electrons. The number of rotatable bonds is 0. The van der Waals surface area contributed by atoms with E-state index < -0.39 is 0 Å². The predicted molar refractivity (Wildman–Crippen MR) is 88.6 cm³/mol. The molecule has 6 heteroatoms. The number of alkyl halides is 2. The third kappa shape index (κ3) is 8.98. The van der Waals surface area contributed by atoms with Gasteiger partial charge in [-0.3, -0.25) is 0 Å². The van der Waals surface area contributed by atoms with Gasteiger partial charge in [0.2, 0.25) is 0 Å². The van der Waals surface area contributed by atoms with E-state index in [2.05, 4.69) is 0 Å². The van der Waals surface area contributed by atoms with Gasteiger partial charge in [-0.25, -0.2) is 0 Å². The molecule has 0 aliphatic carbocycles. The Labute approximate surface area is 126 Å². The van der Waals surface area contributed by atoms with Gasteiger partial charge < -0.3 is 0 Å². The molecule has 0 atom stereocenters. The molecule has 16 heavy (non-hydrogen) atoms. The van der Waals surface area contributed by atoms with Gasteiger partial charge >= 0.3 is 0 Å². The Kier molecular flexibility index (Phi) is 10.9. The molecule has 0 radical (unpaired) electrons. The Morgan fingerprint density at radius 3 is 1.06 bits per heavy atom. The first-order valence-corrected chi connectivity index (χ1v) is 10.9. The molecule has 0 aromatic heterocycles. The lowest BCUT2D eigenvalue weighted by molar-refractivity contribution is 1.12. The summed E-state index contributed by atoms with van der Waals surface area (Å²) in [5.74, 6) is 9.17. The van der Waals surface area contributed by atoms with Gasteiger partial charge in [0.05, 0.1) is 10.8 Å². The molecule has 1 heterocycles. The smallest absolute Gasteiger partial charge is 0.0516 e. The summed E-state index contributed by atoms with van der Waals surface area (Å²) >= 11 is 20.4. The van der Waals surface area contributed by atoms with Crippen molar-refractivity contribution in [3.63, 3.8) is 0 Å². The van der Waals surface area contributed by atoms with E-state index in [0.29, 0.717) is 10.8 Å². The van der Waals surface area contributed by atoms with Crippen molar-refractivity contribution in [1.29, 1.82) is 0 Å². The molecule has 0 amide bonds. The Hall–Kier alpha value is 1.98. The molecule has 1 saturated heterocycles. The van der Waals surface area contributed by atoms with Crippen LogP contribution in [-0.4, -0.2) is 56.8 Å². The predicted octanol–water partition coefficient (Wildman–Crippen LogP) is 4.15. The highest BCUT2D eigenvalue weighted by Gasteiger charge is 2.08. The van der Waals surface area contributed by atoms with Crippen molar-refractivity contribution in [3.8, 4) is 0 Å². The number of halogens is 2. The second-order valence-electron chi connectivity index (χ2n) is 3.49. The molecule has 0 aromatic rings. The molecule has 0 unspecified atom stereocenters. The summed E-state index contributed by atoms with van der Waals surface area (Å²) in [6.07, 6.45) is 0. The summed E-state index contributed by atoms with van der Waals surface area (Å²) in [6.45, 7) is 0. The minimum absolute atomic E-state index is 0.341. The average molecular weight is 337 g/mol. The fraction of sp³-hybridized carbons (Fsp3) is 1.00. The van der Waals surface area contributed by atoms with Crippen LogP contribution in [0.2, 0.25) is 0 Å². The molecule has 1 fully saturated rings. The minimum atomic E-state index is 0.341. The number of hydrogen-bond acceptors (Lipinski definition) is 4. The normalized spacial score (nSPS) is 31.9. The maximum absolute atomic E-state index is 6.23. The van der Waals surface area contributed by atoms with Crippen LogP contribution in [0.15, 0.2) is 0 Å². The highest BCUT2D eigenvalue weighted by molar-refractivity contribution is 8.04. The average Bonchev–Trinajstić information content (AvgIpc) is 2.27. The van der Waals surface area contributed by atoms with Crippen LogP contribution >= 0.6 is 70.2 Å². The molecule has 0 nitrogen and oxygen atoms in total. The molecule has 1 aliphatic heterocycles. The molecule has 0 N–H and O–H groups in total. The van der Waals surface area contributed by atoms with Gasteiger partial charge in [0.1, 0.15) is 0 Å². The second kappa shape index (κ2) is 10.9. The van der Waals surface area contributed by atoms with Crippen molar-refractivity contribution in [3.05, 3.63) is 0 Å². The summed E-state index contributed by atoms with van der Waals surface area (Å²) in [5.41, 5.74) is 0. The van der Waals surface area contributed by atoms with Gasteiger partial charge in [0, 0.05) is 46.0 Å². The molecule has 1 rings (SSSR count). The van der Waals surface area contributed by atoms with E-state index in [0.717, 1.165) is 23.0 Å². The van der Waals surface area contributed by atoms with Crippen molar-refractivity contribution >= 4 is 70.2 Å². The van der Waals surface area contributed by atoms with Crippen LogP contribution in [0, 0.1) is 0 Å². The second-order valence-corrected chi connectivity index (χ2v) is 9.33. The van der Waals surface area contributed by atoms with E-state index in [1.54, 1.807) is 0 Å². The molecule has 1 aliphatic rings. The van der Waals surface area contributed by atoms with E-state index in [-0.39, 0.29) is 0 Å². The Bertz CT molecular complexity index is 137. The molecule has 0 saturated carbocycles. The van der Waals surface area contributed by atoms with Crippen LogP contribution in [-0.2, 0) is 0 Å². The van der Waals surface area contributed by atoms with Gasteiger partial charge in [-0.15, -0.1) is 23.2 Å². The van der Waals surface area contributed by atoms with Crippen molar-refractivity contribution < 1.29 is 0 Å². The van der Waals surface area contributed by atoms with Crippen LogP contribution in [0.3, 0.4) is 0 Å². The fourth-order valence-corrected chi connectivity index (χ4v) is 6.59. The summed E-state index contributed by atoms with van der Waals surface area (Å²) in [6, 6.07) is 0. The van der Waals surface area contributed by atoms with Crippen LogP contribution < -0.4 is 0 Å². The van der Waals surface area contributed by atoms with Crippen molar-refractivity contribution in [2.75, 3.05) is 46.0 Å². The van der Waals surface area contributed by atoms with E-state index in [9.17, 15) is 0 Å². The standard InChI is InChI=1S/C10H18Cl2S4/c11-9-5-13-1-2-14-6-10(12)8-16-4-3-15-7-9/h9-10H,1-8H2. The topological polar surface area (TPSA) is 0 Å². The summed E-state index contributed by atoms with van der Waals surface area (Å²) in [7, 11) is 0. The summed E-state index contributed by atoms with van der Waals surface area (Å²) in [4.78, 5) is 0. The zero-order valence-corrected chi connectivity index (χ0v) is 14.0. The highest BCUT2D eigenvalue weighted by atomic mass is 35.5. The Morgan fingerprint density at radius 1 is 0.562 bits per heavy atom. The number of thioether (sulfide) groups is 4. The third-order valence-electron chi connectivity index (χ3n) is 1.94. The van der Waals surface area contributed by atoms with E-state index >= 15 is 0 Å². The zero-order valence-electron chi connectivity index (χ0n) is 9.20. The summed E-state index contributed by atoms with van der Waals surface area (Å²) in [5, 5.41) is 0.683. The van der Waals surface area contributed by atoms with Crippen LogP contribution in [0.25, 0.3) is 0 Å². The lowest BCUT2D eigenvalue weighted by Gasteiger charge is -2.12. The fourth-order valence-electron chi connectivity index (χ4n) is 1.18. The van der Waals surface area contributed by atoms with E-state index in [4.69, 9.17) is 23.2 Å². The van der Waals surface area contributed by atoms with E-state index in [1.165, 1.54) is 23.0 Å². The Morgan fingerprint density at radius 2 is 0.812 bits per heavy atom. The van der Waals surface area contributed by atoms with Crippen LogP contribution in [0.5, 0.6) is 0 Å². The largest absolute Gasteiger partial charge is 0.160 e. The van der Waals surface area contributed by atoms with E-state index in [1.807, 2.05) is 47.0 Å². The maximum atomic E-state index is 6.23. The quantitative estimate of drug-likeness (QED) is 0.609. The van der Waals surface area contributed by atoms with Crippen molar-refractivity contribution in [1.82, 2.24) is 0 Å². The van der Waals surface area contributed by atoms with Gasteiger partial charge in [0.15, 0.2) is 0 Å². The van der Waals surface area contributed by atoms with Crippen LogP contribution in [0.4, 0.5) is 0 Å². The first kappa shape index (κ1) is 16.0.